The predicted molar refractivity (Wildman–Crippen MR) is 95.1 cm³/mol. The molecule has 1 aromatic rings. The van der Waals surface area contributed by atoms with Crippen LogP contribution in [-0.2, 0) is 21.0 Å². The number of guanidine groups is 1. The molecule has 0 bridgehead atoms. The summed E-state index contributed by atoms with van der Waals surface area (Å²) < 4.78 is 27.1. The van der Waals surface area contributed by atoms with Gasteiger partial charge in [-0.1, -0.05) is 23.7 Å². The van der Waals surface area contributed by atoms with Crippen molar-refractivity contribution in [1.29, 1.82) is 0 Å². The molecule has 0 fully saturated rings. The SMILES string of the molecule is CN=C(NCCOCCS(C)(=O)=O)NCCc1cccc(Cl)c1. The summed E-state index contributed by atoms with van der Waals surface area (Å²) in [6.07, 6.45) is 2.03. The zero-order valence-electron chi connectivity index (χ0n) is 13.5. The van der Waals surface area contributed by atoms with E-state index in [0.717, 1.165) is 23.6 Å². The molecule has 0 radical (unpaired) electrons. The summed E-state index contributed by atoms with van der Waals surface area (Å²) in [7, 11) is -1.27. The van der Waals surface area contributed by atoms with Crippen molar-refractivity contribution in [3.8, 4) is 0 Å². The fraction of sp³-hybridized carbons (Fsp3) is 0.533. The fourth-order valence-corrected chi connectivity index (χ4v) is 2.43. The van der Waals surface area contributed by atoms with Crippen LogP contribution in [0.3, 0.4) is 0 Å². The van der Waals surface area contributed by atoms with Crippen molar-refractivity contribution in [1.82, 2.24) is 10.6 Å². The molecule has 0 amide bonds. The molecule has 0 aliphatic heterocycles. The topological polar surface area (TPSA) is 79.8 Å². The largest absolute Gasteiger partial charge is 0.379 e. The standard InChI is InChI=1S/C15H24ClN3O3S/c1-17-15(19-8-9-22-10-11-23(2,20)21)18-7-6-13-4-3-5-14(16)12-13/h3-5,12H,6-11H2,1-2H3,(H2,17,18,19). The average Bonchev–Trinajstić information content (AvgIpc) is 2.48. The number of nitrogens with zero attached hydrogens (tertiary/aromatic N) is 1. The van der Waals surface area contributed by atoms with Crippen LogP contribution in [0.15, 0.2) is 29.3 Å². The minimum absolute atomic E-state index is 0.0413. The van der Waals surface area contributed by atoms with E-state index in [1.165, 1.54) is 6.26 Å². The van der Waals surface area contributed by atoms with Crippen LogP contribution in [0.2, 0.25) is 5.02 Å². The molecule has 0 spiro atoms. The number of rotatable bonds is 9. The lowest BCUT2D eigenvalue weighted by Gasteiger charge is -2.12. The number of ether oxygens (including phenoxy) is 1. The van der Waals surface area contributed by atoms with Crippen LogP contribution < -0.4 is 10.6 Å². The first kappa shape index (κ1) is 19.7. The molecule has 0 aliphatic rings. The Morgan fingerprint density at radius 1 is 1.26 bits per heavy atom. The van der Waals surface area contributed by atoms with Crippen LogP contribution in [0.1, 0.15) is 5.56 Å². The first-order chi connectivity index (χ1) is 10.9. The Bertz CT molecular complexity index is 606. The predicted octanol–water partition coefficient (Wildman–Crippen LogP) is 1.11. The summed E-state index contributed by atoms with van der Waals surface area (Å²) >= 11 is 5.94. The van der Waals surface area contributed by atoms with Crippen LogP contribution in [0.4, 0.5) is 0 Å². The molecule has 0 aliphatic carbocycles. The van der Waals surface area contributed by atoms with Crippen LogP contribution in [0.25, 0.3) is 0 Å². The smallest absolute Gasteiger partial charge is 0.191 e. The molecule has 8 heteroatoms. The Balaban J connectivity index is 2.15. The number of hydrogen-bond donors (Lipinski definition) is 2. The lowest BCUT2D eigenvalue weighted by molar-refractivity contribution is 0.154. The highest BCUT2D eigenvalue weighted by Gasteiger charge is 2.02. The van der Waals surface area contributed by atoms with Crippen LogP contribution >= 0.6 is 11.6 Å². The molecule has 1 aromatic carbocycles. The van der Waals surface area contributed by atoms with Crippen molar-refractivity contribution in [3.05, 3.63) is 34.9 Å². The van der Waals surface area contributed by atoms with E-state index < -0.39 is 9.84 Å². The van der Waals surface area contributed by atoms with E-state index in [2.05, 4.69) is 15.6 Å². The maximum absolute atomic E-state index is 10.9. The van der Waals surface area contributed by atoms with Crippen LogP contribution in [0.5, 0.6) is 0 Å². The number of aliphatic imine (C=N–C) groups is 1. The van der Waals surface area contributed by atoms with Crippen molar-refractivity contribution < 1.29 is 13.2 Å². The summed E-state index contributed by atoms with van der Waals surface area (Å²) in [5, 5.41) is 7.03. The number of benzene rings is 1. The first-order valence-corrected chi connectivity index (χ1v) is 9.79. The van der Waals surface area contributed by atoms with Crippen molar-refractivity contribution in [2.45, 2.75) is 6.42 Å². The molecular formula is C15H24ClN3O3S. The molecule has 0 aromatic heterocycles. The Labute approximate surface area is 143 Å². The van der Waals surface area contributed by atoms with Gasteiger partial charge in [-0.15, -0.1) is 0 Å². The molecule has 1 rings (SSSR count). The zero-order chi connectivity index (χ0) is 17.1. The van der Waals surface area contributed by atoms with Gasteiger partial charge in [-0.3, -0.25) is 4.99 Å². The van der Waals surface area contributed by atoms with E-state index >= 15 is 0 Å². The van der Waals surface area contributed by atoms with E-state index in [9.17, 15) is 8.42 Å². The van der Waals surface area contributed by atoms with Gasteiger partial charge in [0.15, 0.2) is 5.96 Å². The molecular weight excluding hydrogens is 338 g/mol. The summed E-state index contributed by atoms with van der Waals surface area (Å²) in [6.45, 7) is 1.92. The highest BCUT2D eigenvalue weighted by atomic mass is 35.5. The third-order valence-electron chi connectivity index (χ3n) is 2.96. The van der Waals surface area contributed by atoms with Crippen molar-refractivity contribution in [2.24, 2.45) is 4.99 Å². The molecule has 130 valence electrons. The Morgan fingerprint density at radius 3 is 2.65 bits per heavy atom. The highest BCUT2D eigenvalue weighted by Crippen LogP contribution is 2.10. The van der Waals surface area contributed by atoms with E-state index in [0.29, 0.717) is 19.1 Å². The second kappa shape index (κ2) is 10.5. The minimum Gasteiger partial charge on any atom is -0.379 e. The van der Waals surface area contributed by atoms with Gasteiger partial charge in [0, 0.05) is 31.4 Å². The van der Waals surface area contributed by atoms with E-state index in [1.807, 2.05) is 24.3 Å². The number of hydrogen-bond acceptors (Lipinski definition) is 4. The van der Waals surface area contributed by atoms with Gasteiger partial charge < -0.3 is 15.4 Å². The second-order valence-corrected chi connectivity index (χ2v) is 7.74. The molecule has 2 N–H and O–H groups in total. The van der Waals surface area contributed by atoms with Crippen LogP contribution in [0, 0.1) is 0 Å². The first-order valence-electron chi connectivity index (χ1n) is 7.35. The number of nitrogens with one attached hydrogen (secondary N) is 2. The maximum atomic E-state index is 10.9. The van der Waals surface area contributed by atoms with Crippen molar-refractivity contribution in [3.63, 3.8) is 0 Å². The molecule has 6 nitrogen and oxygen atoms in total. The van der Waals surface area contributed by atoms with E-state index in [-0.39, 0.29) is 12.4 Å². The van der Waals surface area contributed by atoms with Gasteiger partial charge in [0.05, 0.1) is 19.0 Å². The third-order valence-corrected chi connectivity index (χ3v) is 4.10. The Morgan fingerprint density at radius 2 is 2.00 bits per heavy atom. The summed E-state index contributed by atoms with van der Waals surface area (Å²) in [5.74, 6) is 0.721. The van der Waals surface area contributed by atoms with Gasteiger partial charge >= 0.3 is 0 Å². The highest BCUT2D eigenvalue weighted by molar-refractivity contribution is 7.90. The van der Waals surface area contributed by atoms with Gasteiger partial charge in [-0.25, -0.2) is 8.42 Å². The van der Waals surface area contributed by atoms with E-state index in [1.54, 1.807) is 7.05 Å². The lowest BCUT2D eigenvalue weighted by Crippen LogP contribution is -2.39. The summed E-state index contributed by atoms with van der Waals surface area (Å²) in [4.78, 5) is 4.11. The second-order valence-electron chi connectivity index (χ2n) is 5.05. The average molecular weight is 362 g/mol. The quantitative estimate of drug-likeness (QED) is 0.391. The molecule has 0 saturated heterocycles. The van der Waals surface area contributed by atoms with Crippen molar-refractivity contribution in [2.75, 3.05) is 45.4 Å². The summed E-state index contributed by atoms with van der Waals surface area (Å²) in [5.41, 5.74) is 1.16. The van der Waals surface area contributed by atoms with Gasteiger partial charge in [0.2, 0.25) is 0 Å². The minimum atomic E-state index is -2.96. The molecule has 23 heavy (non-hydrogen) atoms. The lowest BCUT2D eigenvalue weighted by atomic mass is 10.1. The zero-order valence-corrected chi connectivity index (χ0v) is 15.1. The third kappa shape index (κ3) is 10.1. The fourth-order valence-electron chi connectivity index (χ4n) is 1.79. The molecule has 0 saturated carbocycles. The monoisotopic (exact) mass is 361 g/mol. The Kier molecular flexibility index (Phi) is 8.98. The van der Waals surface area contributed by atoms with Crippen LogP contribution in [-0.4, -0.2) is 59.7 Å². The molecule has 0 unspecified atom stereocenters. The van der Waals surface area contributed by atoms with Gasteiger partial charge in [-0.2, -0.15) is 0 Å². The van der Waals surface area contributed by atoms with Crippen molar-refractivity contribution >= 4 is 27.4 Å². The van der Waals surface area contributed by atoms with E-state index in [4.69, 9.17) is 16.3 Å². The maximum Gasteiger partial charge on any atom is 0.191 e. The van der Waals surface area contributed by atoms with Gasteiger partial charge in [0.25, 0.3) is 0 Å². The molecule has 0 atom stereocenters. The van der Waals surface area contributed by atoms with Gasteiger partial charge in [-0.05, 0) is 24.1 Å². The summed E-state index contributed by atoms with van der Waals surface area (Å²) in [6, 6.07) is 7.75. The number of sulfone groups is 1. The Hall–Kier alpha value is -1.31. The molecule has 0 heterocycles. The number of halogens is 1. The normalized spacial score (nSPS) is 12.2. The van der Waals surface area contributed by atoms with Gasteiger partial charge in [0.1, 0.15) is 9.84 Å².